The highest BCUT2D eigenvalue weighted by Crippen LogP contribution is 2.32. The summed E-state index contributed by atoms with van der Waals surface area (Å²) in [6.45, 7) is 8.04. The summed E-state index contributed by atoms with van der Waals surface area (Å²) in [5.41, 5.74) is 5.63. The quantitative estimate of drug-likeness (QED) is 0.739. The van der Waals surface area contributed by atoms with Crippen molar-refractivity contribution in [2.75, 3.05) is 37.6 Å². The van der Waals surface area contributed by atoms with Crippen LogP contribution in [0, 0.1) is 0 Å². The van der Waals surface area contributed by atoms with Gasteiger partial charge in [-0.15, -0.1) is 0 Å². The molecule has 0 amide bonds. The summed E-state index contributed by atoms with van der Waals surface area (Å²) in [4.78, 5) is 9.25. The van der Waals surface area contributed by atoms with E-state index >= 15 is 0 Å². The normalized spacial score (nSPS) is 17.9. The molecule has 0 spiro atoms. The van der Waals surface area contributed by atoms with Crippen molar-refractivity contribution >= 4 is 23.1 Å². The van der Waals surface area contributed by atoms with E-state index in [1.54, 1.807) is 4.90 Å². The predicted molar refractivity (Wildman–Crippen MR) is 114 cm³/mol. The van der Waals surface area contributed by atoms with Crippen LogP contribution in [0.25, 0.3) is 16.9 Å². The van der Waals surface area contributed by atoms with Gasteiger partial charge in [0.05, 0.1) is 38.4 Å². The van der Waals surface area contributed by atoms with Gasteiger partial charge in [-0.2, -0.15) is 9.61 Å². The first-order valence-corrected chi connectivity index (χ1v) is 10.9. The number of quaternary nitrogens is 1. The lowest BCUT2D eigenvalue weighted by Gasteiger charge is -2.35. The number of nitrogens with one attached hydrogen (secondary N) is 1. The summed E-state index contributed by atoms with van der Waals surface area (Å²) >= 11 is 6.22. The molecule has 0 atom stereocenters. The van der Waals surface area contributed by atoms with Crippen LogP contribution in [0.3, 0.4) is 0 Å². The third kappa shape index (κ3) is 3.16. The molecule has 1 aliphatic carbocycles. The van der Waals surface area contributed by atoms with Gasteiger partial charge in [0.25, 0.3) is 0 Å². The topological polar surface area (TPSA) is 37.9 Å². The molecule has 2 aromatic heterocycles. The molecule has 1 saturated heterocycles. The zero-order valence-electron chi connectivity index (χ0n) is 16.4. The van der Waals surface area contributed by atoms with Gasteiger partial charge in [0.1, 0.15) is 5.82 Å². The molecule has 0 unspecified atom stereocenters. The van der Waals surface area contributed by atoms with E-state index in [-0.39, 0.29) is 0 Å². The average molecular weight is 397 g/mol. The van der Waals surface area contributed by atoms with Crippen molar-refractivity contribution in [2.45, 2.75) is 32.6 Å². The molecular formula is C22H27ClN5+. The van der Waals surface area contributed by atoms with E-state index in [0.717, 1.165) is 47.9 Å². The molecule has 5 nitrogen and oxygen atoms in total. The second-order valence-corrected chi connectivity index (χ2v) is 8.40. The second kappa shape index (κ2) is 7.37. The molecule has 5 rings (SSSR count). The third-order valence-corrected chi connectivity index (χ3v) is 6.47. The molecular weight excluding hydrogens is 370 g/mol. The van der Waals surface area contributed by atoms with Crippen LogP contribution in [0.1, 0.15) is 31.0 Å². The molecule has 0 bridgehead atoms. The Balaban J connectivity index is 1.64. The molecule has 0 saturated carbocycles. The Morgan fingerprint density at radius 1 is 1.11 bits per heavy atom. The molecule has 3 aromatic rings. The number of benzene rings is 1. The van der Waals surface area contributed by atoms with Crippen LogP contribution in [0.15, 0.2) is 30.3 Å². The molecule has 0 radical (unpaired) electrons. The zero-order chi connectivity index (χ0) is 19.1. The smallest absolute Gasteiger partial charge is 0.158 e. The summed E-state index contributed by atoms with van der Waals surface area (Å²) in [5.74, 6) is 1.28. The first kappa shape index (κ1) is 18.0. The number of hydrogen-bond donors (Lipinski definition) is 1. The molecule has 1 N–H and O–H groups in total. The predicted octanol–water partition coefficient (Wildman–Crippen LogP) is 2.65. The van der Waals surface area contributed by atoms with Crippen molar-refractivity contribution in [3.8, 4) is 11.3 Å². The number of aryl methyl sites for hydroxylation is 1. The minimum absolute atomic E-state index is 0.737. The fourth-order valence-corrected chi connectivity index (χ4v) is 4.82. The molecule has 146 valence electrons. The first-order valence-electron chi connectivity index (χ1n) is 10.5. The summed E-state index contributed by atoms with van der Waals surface area (Å²) in [7, 11) is 0. The number of halogens is 1. The van der Waals surface area contributed by atoms with Crippen molar-refractivity contribution in [1.82, 2.24) is 14.6 Å². The number of hydrogen-bond acceptors (Lipinski definition) is 3. The van der Waals surface area contributed by atoms with Gasteiger partial charge in [0.2, 0.25) is 0 Å². The first-order chi connectivity index (χ1) is 13.7. The standard InChI is InChI=1S/C22H26ClN5/c1-2-26-10-12-27(13-11-26)22-18-8-3-4-9-19(18)24-21-15-20(25-28(21)22)16-6-5-7-17(23)14-16/h5-7,14-15H,2-4,8-13H2,1H3/p+1. The van der Waals surface area contributed by atoms with E-state index in [1.165, 1.54) is 49.6 Å². The van der Waals surface area contributed by atoms with Crippen molar-refractivity contribution in [3.05, 3.63) is 46.6 Å². The van der Waals surface area contributed by atoms with Crippen molar-refractivity contribution in [3.63, 3.8) is 0 Å². The fraction of sp³-hybridized carbons (Fsp3) is 0.455. The number of nitrogens with zero attached hydrogens (tertiary/aromatic N) is 4. The van der Waals surface area contributed by atoms with Gasteiger partial charge in [-0.25, -0.2) is 4.98 Å². The van der Waals surface area contributed by atoms with Crippen LogP contribution in [-0.4, -0.2) is 47.3 Å². The number of anilines is 1. The largest absolute Gasteiger partial charge is 0.345 e. The molecule has 2 aliphatic rings. The minimum Gasteiger partial charge on any atom is -0.345 e. The van der Waals surface area contributed by atoms with Gasteiger partial charge in [0.15, 0.2) is 5.65 Å². The van der Waals surface area contributed by atoms with Crippen LogP contribution < -0.4 is 9.80 Å². The number of fused-ring (bicyclic) bond motifs is 2. The zero-order valence-corrected chi connectivity index (χ0v) is 17.2. The maximum atomic E-state index is 6.22. The highest BCUT2D eigenvalue weighted by molar-refractivity contribution is 6.30. The molecule has 6 heteroatoms. The minimum atomic E-state index is 0.737. The third-order valence-electron chi connectivity index (χ3n) is 6.24. The van der Waals surface area contributed by atoms with E-state index in [1.807, 2.05) is 18.2 Å². The van der Waals surface area contributed by atoms with Gasteiger partial charge in [-0.1, -0.05) is 23.7 Å². The Bertz CT molecular complexity index is 1000. The van der Waals surface area contributed by atoms with Crippen LogP contribution >= 0.6 is 11.6 Å². The van der Waals surface area contributed by atoms with Crippen LogP contribution in [-0.2, 0) is 12.8 Å². The monoisotopic (exact) mass is 396 g/mol. The van der Waals surface area contributed by atoms with E-state index < -0.39 is 0 Å². The Morgan fingerprint density at radius 3 is 2.71 bits per heavy atom. The Morgan fingerprint density at radius 2 is 1.93 bits per heavy atom. The molecule has 1 fully saturated rings. The molecule has 28 heavy (non-hydrogen) atoms. The van der Waals surface area contributed by atoms with Gasteiger partial charge >= 0.3 is 0 Å². The van der Waals surface area contributed by atoms with Crippen LogP contribution in [0.4, 0.5) is 5.82 Å². The van der Waals surface area contributed by atoms with Crippen LogP contribution in [0.5, 0.6) is 0 Å². The van der Waals surface area contributed by atoms with Gasteiger partial charge in [-0.3, -0.25) is 0 Å². The summed E-state index contributed by atoms with van der Waals surface area (Å²) < 4.78 is 2.09. The van der Waals surface area contributed by atoms with Gasteiger partial charge in [-0.05, 0) is 44.7 Å². The maximum Gasteiger partial charge on any atom is 0.158 e. The van der Waals surface area contributed by atoms with Crippen molar-refractivity contribution in [2.24, 2.45) is 0 Å². The van der Waals surface area contributed by atoms with Crippen molar-refractivity contribution in [1.29, 1.82) is 0 Å². The highest BCUT2D eigenvalue weighted by atomic mass is 35.5. The van der Waals surface area contributed by atoms with Gasteiger partial charge in [0, 0.05) is 27.9 Å². The molecule has 1 aliphatic heterocycles. The Labute approximate surface area is 170 Å². The van der Waals surface area contributed by atoms with E-state index in [2.05, 4.69) is 28.5 Å². The highest BCUT2D eigenvalue weighted by Gasteiger charge is 2.27. The second-order valence-electron chi connectivity index (χ2n) is 7.97. The number of likely N-dealkylation sites (N-methyl/N-ethyl adjacent to an activating group) is 1. The molecule has 1 aromatic carbocycles. The van der Waals surface area contributed by atoms with E-state index in [9.17, 15) is 0 Å². The SMILES string of the molecule is CC[NH+]1CCN(c2c3c(nc4cc(-c5cccc(Cl)c5)nn24)CCCC3)CC1. The number of piperazine rings is 1. The Hall–Kier alpha value is -2.11. The summed E-state index contributed by atoms with van der Waals surface area (Å²) in [6.07, 6.45) is 4.67. The maximum absolute atomic E-state index is 6.22. The fourth-order valence-electron chi connectivity index (χ4n) is 4.63. The lowest BCUT2D eigenvalue weighted by Crippen LogP contribution is -3.14. The Kier molecular flexibility index (Phi) is 4.73. The lowest BCUT2D eigenvalue weighted by molar-refractivity contribution is -0.898. The summed E-state index contributed by atoms with van der Waals surface area (Å²) in [5, 5.41) is 5.73. The van der Waals surface area contributed by atoms with Gasteiger partial charge < -0.3 is 9.80 Å². The molecule has 3 heterocycles. The average Bonchev–Trinajstić information content (AvgIpc) is 3.16. The van der Waals surface area contributed by atoms with Crippen molar-refractivity contribution < 1.29 is 4.90 Å². The van der Waals surface area contributed by atoms with E-state index in [4.69, 9.17) is 21.7 Å². The summed E-state index contributed by atoms with van der Waals surface area (Å²) in [6, 6.07) is 10.0. The number of rotatable bonds is 3. The lowest BCUT2D eigenvalue weighted by atomic mass is 9.96. The number of aromatic nitrogens is 3. The van der Waals surface area contributed by atoms with E-state index in [0.29, 0.717) is 0 Å². The van der Waals surface area contributed by atoms with Crippen LogP contribution in [0.2, 0.25) is 5.02 Å².